The van der Waals surface area contributed by atoms with Crippen molar-refractivity contribution in [1.29, 1.82) is 0 Å². The molecule has 0 spiro atoms. The minimum absolute atomic E-state index is 0.215. The molecular formula is C28H28F2. The minimum Gasteiger partial charge on any atom is -0.207 e. The van der Waals surface area contributed by atoms with Gasteiger partial charge in [0, 0.05) is 5.56 Å². The third-order valence-electron chi connectivity index (χ3n) is 5.32. The van der Waals surface area contributed by atoms with Crippen molar-refractivity contribution in [3.05, 3.63) is 118 Å². The number of aryl methyl sites for hydroxylation is 1. The Labute approximate surface area is 178 Å². The van der Waals surface area contributed by atoms with Gasteiger partial charge in [-0.05, 0) is 66.5 Å². The fraction of sp³-hybridized carbons (Fsp3) is 0.214. The van der Waals surface area contributed by atoms with Crippen LogP contribution in [-0.4, -0.2) is 0 Å². The first-order valence-corrected chi connectivity index (χ1v) is 10.5. The average molecular weight is 403 g/mol. The van der Waals surface area contributed by atoms with Gasteiger partial charge in [0.25, 0.3) is 0 Å². The predicted molar refractivity (Wildman–Crippen MR) is 123 cm³/mol. The zero-order chi connectivity index (χ0) is 21.3. The quantitative estimate of drug-likeness (QED) is 0.264. The number of hydrogen-bond acceptors (Lipinski definition) is 0. The van der Waals surface area contributed by atoms with Crippen molar-refractivity contribution in [2.75, 3.05) is 0 Å². The Bertz CT molecular complexity index is 1020. The van der Waals surface area contributed by atoms with Crippen LogP contribution in [0.25, 0.3) is 12.2 Å². The summed E-state index contributed by atoms with van der Waals surface area (Å²) in [7, 11) is 0. The molecule has 3 rings (SSSR count). The molecule has 0 amide bonds. The van der Waals surface area contributed by atoms with E-state index in [9.17, 15) is 8.78 Å². The lowest BCUT2D eigenvalue weighted by Gasteiger charge is -2.12. The van der Waals surface area contributed by atoms with Crippen LogP contribution < -0.4 is 0 Å². The Morgan fingerprint density at radius 1 is 0.867 bits per heavy atom. The van der Waals surface area contributed by atoms with Crippen molar-refractivity contribution in [1.82, 2.24) is 0 Å². The molecule has 0 aliphatic rings. The maximum Gasteiger partial charge on any atom is 0.130 e. The summed E-state index contributed by atoms with van der Waals surface area (Å²) in [6, 6.07) is 20.8. The molecule has 0 bridgehead atoms. The summed E-state index contributed by atoms with van der Waals surface area (Å²) in [6.45, 7) is 4.11. The third kappa shape index (κ3) is 6.00. The third-order valence-corrected chi connectivity index (χ3v) is 5.32. The Hall–Kier alpha value is -3.00. The van der Waals surface area contributed by atoms with Gasteiger partial charge >= 0.3 is 0 Å². The van der Waals surface area contributed by atoms with Crippen molar-refractivity contribution >= 4 is 12.2 Å². The summed E-state index contributed by atoms with van der Waals surface area (Å²) >= 11 is 0. The van der Waals surface area contributed by atoms with E-state index in [0.29, 0.717) is 23.5 Å². The molecule has 3 aromatic carbocycles. The molecular weight excluding hydrogens is 374 g/mol. The molecule has 0 saturated heterocycles. The van der Waals surface area contributed by atoms with E-state index in [1.165, 1.54) is 11.6 Å². The number of benzene rings is 3. The zero-order valence-corrected chi connectivity index (χ0v) is 17.6. The van der Waals surface area contributed by atoms with Gasteiger partial charge in [-0.3, -0.25) is 0 Å². The molecule has 0 unspecified atom stereocenters. The molecule has 0 heterocycles. The molecule has 1 atom stereocenters. The number of rotatable bonds is 8. The molecule has 2 heteroatoms. The second-order valence-electron chi connectivity index (χ2n) is 7.66. The van der Waals surface area contributed by atoms with Gasteiger partial charge in [0.2, 0.25) is 0 Å². The molecule has 0 nitrogen and oxygen atoms in total. The van der Waals surface area contributed by atoms with E-state index in [4.69, 9.17) is 0 Å². The molecule has 0 saturated carbocycles. The normalized spacial score (nSPS) is 12.7. The van der Waals surface area contributed by atoms with Crippen molar-refractivity contribution in [2.24, 2.45) is 0 Å². The monoisotopic (exact) mass is 402 g/mol. The Kier molecular flexibility index (Phi) is 7.73. The summed E-state index contributed by atoms with van der Waals surface area (Å²) in [6.07, 6.45) is 9.74. The number of halogens is 2. The fourth-order valence-electron chi connectivity index (χ4n) is 3.55. The first kappa shape index (κ1) is 21.7. The molecule has 0 aliphatic heterocycles. The fourth-order valence-corrected chi connectivity index (χ4v) is 3.55. The van der Waals surface area contributed by atoms with Crippen LogP contribution in [0.2, 0.25) is 0 Å². The SMILES string of the molecule is C/C=C/CCc1ccc(C=Cc2ccc(C[C@H](C)c3ccccc3)cc2F)cc1F. The van der Waals surface area contributed by atoms with E-state index >= 15 is 0 Å². The van der Waals surface area contributed by atoms with Crippen LogP contribution >= 0.6 is 0 Å². The van der Waals surface area contributed by atoms with Crippen LogP contribution in [0.1, 0.15) is 54.0 Å². The number of allylic oxidation sites excluding steroid dienone is 2. The van der Waals surface area contributed by atoms with E-state index in [1.54, 1.807) is 24.3 Å². The van der Waals surface area contributed by atoms with Crippen LogP contribution in [0, 0.1) is 11.6 Å². The highest BCUT2D eigenvalue weighted by atomic mass is 19.1. The van der Waals surface area contributed by atoms with E-state index in [1.807, 2.05) is 55.5 Å². The molecule has 0 N–H and O–H groups in total. The van der Waals surface area contributed by atoms with Crippen molar-refractivity contribution in [3.63, 3.8) is 0 Å². The molecule has 0 aliphatic carbocycles. The second kappa shape index (κ2) is 10.7. The van der Waals surface area contributed by atoms with E-state index in [-0.39, 0.29) is 11.6 Å². The highest BCUT2D eigenvalue weighted by Crippen LogP contribution is 2.22. The molecule has 0 fully saturated rings. The van der Waals surface area contributed by atoms with Crippen LogP contribution in [0.3, 0.4) is 0 Å². The first-order valence-electron chi connectivity index (χ1n) is 10.5. The maximum atomic E-state index is 14.6. The molecule has 0 radical (unpaired) electrons. The highest BCUT2D eigenvalue weighted by molar-refractivity contribution is 5.70. The second-order valence-corrected chi connectivity index (χ2v) is 7.66. The lowest BCUT2D eigenvalue weighted by Crippen LogP contribution is -1.99. The lowest BCUT2D eigenvalue weighted by molar-refractivity contribution is 0.609. The average Bonchev–Trinajstić information content (AvgIpc) is 2.75. The van der Waals surface area contributed by atoms with Gasteiger partial charge in [-0.25, -0.2) is 8.78 Å². The van der Waals surface area contributed by atoms with Gasteiger partial charge in [-0.2, -0.15) is 0 Å². The largest absolute Gasteiger partial charge is 0.207 e. The molecule has 30 heavy (non-hydrogen) atoms. The van der Waals surface area contributed by atoms with E-state index in [0.717, 1.165) is 24.0 Å². The summed E-state index contributed by atoms with van der Waals surface area (Å²) < 4.78 is 28.9. The summed E-state index contributed by atoms with van der Waals surface area (Å²) in [5.41, 5.74) is 4.15. The zero-order valence-electron chi connectivity index (χ0n) is 17.6. The van der Waals surface area contributed by atoms with E-state index in [2.05, 4.69) is 19.1 Å². The predicted octanol–water partition coefficient (Wildman–Crippen LogP) is 7.99. The first-order chi connectivity index (χ1) is 14.6. The maximum absolute atomic E-state index is 14.6. The van der Waals surface area contributed by atoms with Crippen LogP contribution in [0.4, 0.5) is 8.78 Å². The van der Waals surface area contributed by atoms with Crippen molar-refractivity contribution in [2.45, 2.75) is 39.0 Å². The highest BCUT2D eigenvalue weighted by Gasteiger charge is 2.08. The summed E-state index contributed by atoms with van der Waals surface area (Å²) in [5, 5.41) is 0. The smallest absolute Gasteiger partial charge is 0.130 e. The Balaban J connectivity index is 1.67. The van der Waals surface area contributed by atoms with Gasteiger partial charge in [0.05, 0.1) is 0 Å². The van der Waals surface area contributed by atoms with Crippen LogP contribution in [0.5, 0.6) is 0 Å². The van der Waals surface area contributed by atoms with E-state index < -0.39 is 0 Å². The van der Waals surface area contributed by atoms with Crippen LogP contribution in [-0.2, 0) is 12.8 Å². The van der Waals surface area contributed by atoms with Gasteiger partial charge < -0.3 is 0 Å². The van der Waals surface area contributed by atoms with Crippen molar-refractivity contribution < 1.29 is 8.78 Å². The lowest BCUT2D eigenvalue weighted by atomic mass is 9.93. The standard InChI is InChI=1S/C28H28F2/c1-3-4-6-11-25-15-12-22(19-27(25)29)13-16-26-17-14-23(20-28(26)30)18-21(2)24-9-7-5-8-10-24/h3-5,7-10,12-17,19-21H,6,11,18H2,1-2H3/b4-3+,16-13?/t21-/m0/s1. The minimum atomic E-state index is -0.257. The Morgan fingerprint density at radius 2 is 1.67 bits per heavy atom. The molecule has 0 aromatic heterocycles. The van der Waals surface area contributed by atoms with Gasteiger partial charge in [0.15, 0.2) is 0 Å². The Morgan fingerprint density at radius 3 is 2.37 bits per heavy atom. The number of hydrogen-bond donors (Lipinski definition) is 0. The summed E-state index contributed by atoms with van der Waals surface area (Å²) in [4.78, 5) is 0. The van der Waals surface area contributed by atoms with Crippen molar-refractivity contribution in [3.8, 4) is 0 Å². The molecule has 3 aromatic rings. The molecule has 154 valence electrons. The van der Waals surface area contributed by atoms with Gasteiger partial charge in [0.1, 0.15) is 11.6 Å². The van der Waals surface area contributed by atoms with Crippen LogP contribution in [0.15, 0.2) is 78.9 Å². The summed E-state index contributed by atoms with van der Waals surface area (Å²) in [5.74, 6) is -0.152. The topological polar surface area (TPSA) is 0 Å². The van der Waals surface area contributed by atoms with Gasteiger partial charge in [-0.15, -0.1) is 0 Å². The van der Waals surface area contributed by atoms with Gasteiger partial charge in [-0.1, -0.05) is 85.8 Å².